The third-order valence-corrected chi connectivity index (χ3v) is 2.98. The summed E-state index contributed by atoms with van der Waals surface area (Å²) in [7, 11) is 0. The Morgan fingerprint density at radius 2 is 1.94 bits per heavy atom. The van der Waals surface area contributed by atoms with Gasteiger partial charge in [-0.05, 0) is 34.7 Å². The minimum absolute atomic E-state index is 0.698. The molecule has 0 fully saturated rings. The molecule has 0 unspecified atom stereocenters. The lowest BCUT2D eigenvalue weighted by Crippen LogP contribution is -1.89. The quantitative estimate of drug-likeness (QED) is 0.718. The molecule has 0 aliphatic heterocycles. The van der Waals surface area contributed by atoms with Crippen molar-refractivity contribution in [3.05, 3.63) is 77.8 Å². The maximum Gasteiger partial charge on any atom is 0.0994 e. The summed E-state index contributed by atoms with van der Waals surface area (Å²) >= 11 is 0. The van der Waals surface area contributed by atoms with Gasteiger partial charge >= 0.3 is 0 Å². The van der Waals surface area contributed by atoms with E-state index in [1.54, 1.807) is 0 Å². The van der Waals surface area contributed by atoms with Crippen molar-refractivity contribution in [2.45, 2.75) is 0 Å². The number of aromatic nitrogens is 1. The molecule has 0 atom stereocenters. The molecule has 18 heavy (non-hydrogen) atoms. The van der Waals surface area contributed by atoms with E-state index >= 15 is 0 Å². The van der Waals surface area contributed by atoms with Crippen LogP contribution in [0.4, 0.5) is 0 Å². The first-order valence-electron chi connectivity index (χ1n) is 5.78. The summed E-state index contributed by atoms with van der Waals surface area (Å²) < 4.78 is 0. The fourth-order valence-corrected chi connectivity index (χ4v) is 2.06. The van der Waals surface area contributed by atoms with E-state index < -0.39 is 0 Å². The van der Waals surface area contributed by atoms with E-state index in [0.29, 0.717) is 5.56 Å². The van der Waals surface area contributed by atoms with Crippen LogP contribution in [0.1, 0.15) is 16.7 Å². The van der Waals surface area contributed by atoms with Gasteiger partial charge in [0.25, 0.3) is 0 Å². The van der Waals surface area contributed by atoms with Crippen LogP contribution in [0, 0.1) is 17.8 Å². The first-order chi connectivity index (χ1) is 8.86. The van der Waals surface area contributed by atoms with Gasteiger partial charge in [0, 0.05) is 18.1 Å². The molecule has 0 bridgehead atoms. The Kier molecular flexibility index (Phi) is 2.59. The monoisotopic (exact) mass is 231 g/mol. The highest BCUT2D eigenvalue weighted by molar-refractivity contribution is 5.80. The van der Waals surface area contributed by atoms with Crippen molar-refractivity contribution in [3.63, 3.8) is 0 Å². The predicted molar refractivity (Wildman–Crippen MR) is 72.0 cm³/mol. The summed E-state index contributed by atoms with van der Waals surface area (Å²) in [5.74, 6) is 0. The fraction of sp³-hybridized carbons (Fsp3) is 0. The maximum absolute atomic E-state index is 9.06. The molecule has 0 spiro atoms. The van der Waals surface area contributed by atoms with Gasteiger partial charge in [-0.15, -0.1) is 0 Å². The number of benzene rings is 2. The van der Waals surface area contributed by atoms with Gasteiger partial charge in [-0.2, -0.15) is 5.26 Å². The van der Waals surface area contributed by atoms with Crippen molar-refractivity contribution < 1.29 is 0 Å². The van der Waals surface area contributed by atoms with Crippen LogP contribution in [0.25, 0.3) is 10.9 Å². The summed E-state index contributed by atoms with van der Waals surface area (Å²) in [5.41, 5.74) is 3.85. The number of nitrogens with zero attached hydrogens (tertiary/aromatic N) is 1. The van der Waals surface area contributed by atoms with E-state index in [0.717, 1.165) is 16.6 Å². The van der Waals surface area contributed by atoms with Crippen LogP contribution in [0.3, 0.4) is 0 Å². The normalized spacial score (nSPS) is 10.4. The molecule has 2 heteroatoms. The summed E-state index contributed by atoms with van der Waals surface area (Å²) in [6, 6.07) is 18.1. The highest BCUT2D eigenvalue weighted by atomic mass is 14.7. The smallest absolute Gasteiger partial charge is 0.0994 e. The second-order valence-electron chi connectivity index (χ2n) is 4.17. The number of hydrogen-bond donors (Lipinski definition) is 1. The first-order valence-corrected chi connectivity index (χ1v) is 5.78. The zero-order chi connectivity index (χ0) is 12.4. The molecule has 85 valence electrons. The molecule has 1 aromatic heterocycles. The molecule has 0 aliphatic rings. The molecule has 3 rings (SSSR count). The zero-order valence-electron chi connectivity index (χ0n) is 9.72. The van der Waals surface area contributed by atoms with Crippen molar-refractivity contribution in [1.29, 1.82) is 5.26 Å². The second kappa shape index (κ2) is 4.38. The summed E-state index contributed by atoms with van der Waals surface area (Å²) in [5, 5.41) is 10.3. The minimum atomic E-state index is 0.698. The van der Waals surface area contributed by atoms with E-state index in [2.05, 4.69) is 29.3 Å². The molecular weight excluding hydrogens is 220 g/mol. The average Bonchev–Trinajstić information content (AvgIpc) is 2.87. The minimum Gasteiger partial charge on any atom is -0.361 e. The molecule has 2 aromatic carbocycles. The zero-order valence-corrected chi connectivity index (χ0v) is 9.72. The van der Waals surface area contributed by atoms with E-state index in [4.69, 9.17) is 5.26 Å². The van der Waals surface area contributed by atoms with Gasteiger partial charge in [0.05, 0.1) is 11.6 Å². The molecule has 1 N–H and O–H groups in total. The summed E-state index contributed by atoms with van der Waals surface area (Å²) in [4.78, 5) is 3.19. The van der Waals surface area contributed by atoms with Crippen LogP contribution >= 0.6 is 0 Å². The Balaban J connectivity index is 1.98. The number of H-pyrrole nitrogens is 1. The maximum atomic E-state index is 9.06. The molecular formula is C16H11N2. The van der Waals surface area contributed by atoms with Gasteiger partial charge in [0.1, 0.15) is 0 Å². The lowest BCUT2D eigenvalue weighted by atomic mass is 10.00. The molecule has 1 heterocycles. The van der Waals surface area contributed by atoms with Crippen LogP contribution in [-0.2, 0) is 0 Å². The molecule has 0 saturated carbocycles. The number of rotatable bonds is 2. The van der Waals surface area contributed by atoms with E-state index in [1.807, 2.05) is 42.9 Å². The third kappa shape index (κ3) is 1.87. The van der Waals surface area contributed by atoms with Crippen LogP contribution in [0.2, 0.25) is 0 Å². The lowest BCUT2D eigenvalue weighted by Gasteiger charge is -2.03. The van der Waals surface area contributed by atoms with Gasteiger partial charge in [0.2, 0.25) is 0 Å². The van der Waals surface area contributed by atoms with Gasteiger partial charge in [0.15, 0.2) is 0 Å². The van der Waals surface area contributed by atoms with E-state index in [1.165, 1.54) is 5.39 Å². The fourth-order valence-electron chi connectivity index (χ4n) is 2.06. The predicted octanol–water partition coefficient (Wildman–Crippen LogP) is 3.64. The van der Waals surface area contributed by atoms with Crippen LogP contribution in [0.15, 0.2) is 54.7 Å². The van der Waals surface area contributed by atoms with Crippen molar-refractivity contribution in [2.24, 2.45) is 0 Å². The Morgan fingerprint density at radius 3 is 2.83 bits per heavy atom. The molecule has 0 aliphatic carbocycles. The number of fused-ring (bicyclic) bond motifs is 1. The molecule has 0 amide bonds. The lowest BCUT2D eigenvalue weighted by molar-refractivity contribution is 1.38. The first kappa shape index (κ1) is 10.6. The largest absolute Gasteiger partial charge is 0.361 e. The Morgan fingerprint density at radius 1 is 1.06 bits per heavy atom. The molecule has 2 nitrogen and oxygen atoms in total. The molecule has 1 radical (unpaired) electrons. The Labute approximate surface area is 106 Å². The van der Waals surface area contributed by atoms with Crippen molar-refractivity contribution in [3.8, 4) is 6.07 Å². The highest BCUT2D eigenvalue weighted by Crippen LogP contribution is 2.20. The number of nitrogens with one attached hydrogen (secondary N) is 1. The summed E-state index contributed by atoms with van der Waals surface area (Å²) in [6.07, 6.45) is 3.95. The standard InChI is InChI=1S/C16H11N2/c17-11-15-4-2-1-3-14(15)9-12-5-6-13-7-8-18-16(13)10-12/h1-10,18H. The van der Waals surface area contributed by atoms with Crippen LogP contribution in [0.5, 0.6) is 0 Å². The topological polar surface area (TPSA) is 39.6 Å². The summed E-state index contributed by atoms with van der Waals surface area (Å²) in [6.45, 7) is 0. The Bertz CT molecular complexity index is 732. The average molecular weight is 231 g/mol. The SMILES string of the molecule is N#Cc1ccccc1[CH]c1ccc2cc[nH]c2c1. The Hall–Kier alpha value is -2.53. The van der Waals surface area contributed by atoms with E-state index in [9.17, 15) is 0 Å². The van der Waals surface area contributed by atoms with Gasteiger partial charge in [-0.1, -0.05) is 30.3 Å². The van der Waals surface area contributed by atoms with Crippen LogP contribution in [-0.4, -0.2) is 4.98 Å². The number of nitriles is 1. The van der Waals surface area contributed by atoms with Gasteiger partial charge < -0.3 is 4.98 Å². The van der Waals surface area contributed by atoms with Gasteiger partial charge in [-0.3, -0.25) is 0 Å². The molecule has 0 saturated heterocycles. The number of hydrogen-bond acceptors (Lipinski definition) is 1. The second-order valence-corrected chi connectivity index (χ2v) is 4.17. The highest BCUT2D eigenvalue weighted by Gasteiger charge is 2.03. The molecule has 3 aromatic rings. The van der Waals surface area contributed by atoms with E-state index in [-0.39, 0.29) is 0 Å². The van der Waals surface area contributed by atoms with Crippen molar-refractivity contribution in [2.75, 3.05) is 0 Å². The van der Waals surface area contributed by atoms with Crippen molar-refractivity contribution >= 4 is 10.9 Å². The van der Waals surface area contributed by atoms with Crippen LogP contribution < -0.4 is 0 Å². The van der Waals surface area contributed by atoms with Crippen molar-refractivity contribution in [1.82, 2.24) is 4.98 Å². The number of aromatic amines is 1. The third-order valence-electron chi connectivity index (χ3n) is 2.98. The van der Waals surface area contributed by atoms with Gasteiger partial charge in [-0.25, -0.2) is 0 Å².